The van der Waals surface area contributed by atoms with E-state index >= 15 is 0 Å². The van der Waals surface area contributed by atoms with Crippen LogP contribution in [0.1, 0.15) is 25.3 Å². The maximum atomic E-state index is 4.78. The van der Waals surface area contributed by atoms with Gasteiger partial charge in [-0.3, -0.25) is 0 Å². The Kier molecular flexibility index (Phi) is 3.87. The van der Waals surface area contributed by atoms with Crippen molar-refractivity contribution >= 4 is 53.2 Å². The molecule has 6 rings (SSSR count). The van der Waals surface area contributed by atoms with Gasteiger partial charge in [-0.25, -0.2) is 9.97 Å². The summed E-state index contributed by atoms with van der Waals surface area (Å²) in [6.45, 7) is 4.50. The number of fused-ring (bicyclic) bond motifs is 6. The van der Waals surface area contributed by atoms with E-state index in [1.807, 2.05) is 0 Å². The fourth-order valence-corrected chi connectivity index (χ4v) is 5.82. The van der Waals surface area contributed by atoms with E-state index in [2.05, 4.69) is 91.6 Å². The topological polar surface area (TPSA) is 25.8 Å². The van der Waals surface area contributed by atoms with Crippen molar-refractivity contribution in [3.63, 3.8) is 0 Å². The zero-order chi connectivity index (χ0) is 20.2. The van der Waals surface area contributed by atoms with Crippen molar-refractivity contribution in [3.8, 4) is 11.3 Å². The van der Waals surface area contributed by atoms with Gasteiger partial charge in [0.05, 0.1) is 15.9 Å². The van der Waals surface area contributed by atoms with Crippen LogP contribution in [0.5, 0.6) is 0 Å². The molecular formula is C27H20N2S. The molecule has 4 aromatic carbocycles. The van der Waals surface area contributed by atoms with E-state index in [1.54, 1.807) is 17.7 Å². The summed E-state index contributed by atoms with van der Waals surface area (Å²) in [5.74, 6) is 0.477. The Balaban J connectivity index is 1.72. The van der Waals surface area contributed by atoms with Crippen molar-refractivity contribution in [3.05, 3.63) is 84.7 Å². The average Bonchev–Trinajstić information content (AvgIpc) is 3.18. The van der Waals surface area contributed by atoms with Gasteiger partial charge in [0.15, 0.2) is 0 Å². The second kappa shape index (κ2) is 6.61. The molecule has 0 aliphatic rings. The highest BCUT2D eigenvalue weighted by atomic mass is 32.1. The first-order valence-corrected chi connectivity index (χ1v) is 11.1. The molecule has 0 aliphatic carbocycles. The predicted molar refractivity (Wildman–Crippen MR) is 129 cm³/mol. The highest BCUT2D eigenvalue weighted by Gasteiger charge is 2.17. The minimum absolute atomic E-state index is 0.477. The van der Waals surface area contributed by atoms with Crippen LogP contribution >= 0.6 is 11.3 Å². The van der Waals surface area contributed by atoms with Crippen molar-refractivity contribution in [2.24, 2.45) is 0 Å². The zero-order valence-corrected chi connectivity index (χ0v) is 17.7. The Morgan fingerprint density at radius 3 is 2.27 bits per heavy atom. The normalized spacial score (nSPS) is 12.0. The van der Waals surface area contributed by atoms with Gasteiger partial charge in [0.1, 0.15) is 6.33 Å². The van der Waals surface area contributed by atoms with Gasteiger partial charge in [-0.05, 0) is 33.0 Å². The third-order valence-electron chi connectivity index (χ3n) is 5.98. The standard InChI is InChI=1S/C27H20N2S/c1-16(2)18-13-14-22(21-10-6-5-9-20(18)21)24-27-25(29-15-28-24)23-12-11-17-7-3-4-8-19(17)26(23)30-27/h3-16H,1-2H3. The number of thiophene rings is 1. The summed E-state index contributed by atoms with van der Waals surface area (Å²) < 4.78 is 2.44. The quantitative estimate of drug-likeness (QED) is 0.293. The van der Waals surface area contributed by atoms with Crippen LogP contribution in [0.3, 0.4) is 0 Å². The first-order chi connectivity index (χ1) is 14.7. The average molecular weight is 405 g/mol. The van der Waals surface area contributed by atoms with Crippen LogP contribution in [-0.4, -0.2) is 9.97 Å². The molecule has 30 heavy (non-hydrogen) atoms. The van der Waals surface area contributed by atoms with Crippen LogP contribution in [0, 0.1) is 0 Å². The monoisotopic (exact) mass is 404 g/mol. The Hall–Kier alpha value is -3.30. The lowest BCUT2D eigenvalue weighted by Gasteiger charge is -2.13. The van der Waals surface area contributed by atoms with Crippen molar-refractivity contribution in [1.29, 1.82) is 0 Å². The zero-order valence-electron chi connectivity index (χ0n) is 16.9. The molecule has 0 spiro atoms. The van der Waals surface area contributed by atoms with E-state index in [0.29, 0.717) is 5.92 Å². The van der Waals surface area contributed by atoms with E-state index < -0.39 is 0 Å². The Bertz CT molecular complexity index is 1580. The predicted octanol–water partition coefficient (Wildman–Crippen LogP) is 7.94. The number of aromatic nitrogens is 2. The fraction of sp³-hybridized carbons (Fsp3) is 0.111. The minimum atomic E-state index is 0.477. The first kappa shape index (κ1) is 17.5. The molecule has 0 aliphatic heterocycles. The van der Waals surface area contributed by atoms with Gasteiger partial charge < -0.3 is 0 Å². The molecule has 2 heterocycles. The van der Waals surface area contributed by atoms with E-state index in [1.165, 1.54) is 42.8 Å². The highest BCUT2D eigenvalue weighted by Crippen LogP contribution is 2.42. The molecule has 0 unspecified atom stereocenters. The number of hydrogen-bond acceptors (Lipinski definition) is 3. The van der Waals surface area contributed by atoms with E-state index in [0.717, 1.165) is 15.9 Å². The van der Waals surface area contributed by atoms with Crippen LogP contribution in [0.2, 0.25) is 0 Å². The van der Waals surface area contributed by atoms with Crippen molar-refractivity contribution in [1.82, 2.24) is 9.97 Å². The third kappa shape index (κ3) is 2.49. The van der Waals surface area contributed by atoms with E-state index in [-0.39, 0.29) is 0 Å². The van der Waals surface area contributed by atoms with Crippen LogP contribution in [0.15, 0.2) is 79.1 Å². The summed E-state index contributed by atoms with van der Waals surface area (Å²) in [4.78, 5) is 9.46. The molecule has 0 N–H and O–H groups in total. The second-order valence-electron chi connectivity index (χ2n) is 8.07. The van der Waals surface area contributed by atoms with Gasteiger partial charge in [0.2, 0.25) is 0 Å². The van der Waals surface area contributed by atoms with Gasteiger partial charge in [-0.2, -0.15) is 0 Å². The molecule has 144 valence electrons. The van der Waals surface area contributed by atoms with Gasteiger partial charge >= 0.3 is 0 Å². The summed E-state index contributed by atoms with van der Waals surface area (Å²) in [6.07, 6.45) is 1.71. The first-order valence-electron chi connectivity index (χ1n) is 10.3. The molecule has 2 aromatic heterocycles. The number of rotatable bonds is 2. The molecule has 0 bridgehead atoms. The van der Waals surface area contributed by atoms with Crippen LogP contribution < -0.4 is 0 Å². The van der Waals surface area contributed by atoms with Crippen LogP contribution in [0.25, 0.3) is 53.1 Å². The molecular weight excluding hydrogens is 384 g/mol. The fourth-order valence-electron chi connectivity index (χ4n) is 4.53. The van der Waals surface area contributed by atoms with Crippen molar-refractivity contribution < 1.29 is 0 Å². The number of nitrogens with zero attached hydrogens (tertiary/aromatic N) is 2. The van der Waals surface area contributed by atoms with Gasteiger partial charge in [0.25, 0.3) is 0 Å². The highest BCUT2D eigenvalue weighted by molar-refractivity contribution is 7.27. The minimum Gasteiger partial charge on any atom is -0.235 e. The lowest BCUT2D eigenvalue weighted by atomic mass is 9.92. The summed E-state index contributed by atoms with van der Waals surface area (Å²) in [5.41, 5.74) is 4.62. The summed E-state index contributed by atoms with van der Waals surface area (Å²) in [7, 11) is 0. The maximum Gasteiger partial charge on any atom is 0.116 e. The maximum absolute atomic E-state index is 4.78. The summed E-state index contributed by atoms with van der Waals surface area (Å²) in [6, 6.07) is 26.2. The molecule has 0 saturated heterocycles. The molecule has 0 fully saturated rings. The molecule has 0 atom stereocenters. The SMILES string of the molecule is CC(C)c1ccc(-c2ncnc3c2sc2c4ccccc4ccc32)c2ccccc12. The molecule has 0 radical (unpaired) electrons. The van der Waals surface area contributed by atoms with Crippen molar-refractivity contribution in [2.75, 3.05) is 0 Å². The molecule has 0 saturated carbocycles. The van der Waals surface area contributed by atoms with Gasteiger partial charge in [-0.1, -0.05) is 86.6 Å². The van der Waals surface area contributed by atoms with E-state index in [4.69, 9.17) is 4.98 Å². The third-order valence-corrected chi connectivity index (χ3v) is 7.21. The molecule has 3 heteroatoms. The van der Waals surface area contributed by atoms with Crippen molar-refractivity contribution in [2.45, 2.75) is 19.8 Å². The van der Waals surface area contributed by atoms with E-state index in [9.17, 15) is 0 Å². The molecule has 2 nitrogen and oxygen atoms in total. The smallest absolute Gasteiger partial charge is 0.116 e. The Labute approximate surface area is 178 Å². The van der Waals surface area contributed by atoms with Gasteiger partial charge in [-0.15, -0.1) is 11.3 Å². The molecule has 6 aromatic rings. The van der Waals surface area contributed by atoms with Crippen LogP contribution in [0.4, 0.5) is 0 Å². The Morgan fingerprint density at radius 1 is 0.667 bits per heavy atom. The lowest BCUT2D eigenvalue weighted by molar-refractivity contribution is 0.876. The lowest BCUT2D eigenvalue weighted by Crippen LogP contribution is -1.93. The molecule has 0 amide bonds. The number of benzene rings is 4. The number of hydrogen-bond donors (Lipinski definition) is 0. The largest absolute Gasteiger partial charge is 0.235 e. The summed E-state index contributed by atoms with van der Waals surface area (Å²) >= 11 is 1.81. The van der Waals surface area contributed by atoms with Crippen LogP contribution in [-0.2, 0) is 0 Å². The van der Waals surface area contributed by atoms with Gasteiger partial charge in [0, 0.05) is 15.6 Å². The summed E-state index contributed by atoms with van der Waals surface area (Å²) in [5, 5.41) is 6.32. The second-order valence-corrected chi connectivity index (χ2v) is 9.09. The Morgan fingerprint density at radius 2 is 1.43 bits per heavy atom.